The third-order valence-corrected chi connectivity index (χ3v) is 2.86. The molecule has 1 atom stereocenters. The van der Waals surface area contributed by atoms with E-state index >= 15 is 0 Å². The van der Waals surface area contributed by atoms with E-state index in [1.54, 1.807) is 0 Å². The molecule has 74 valence electrons. The summed E-state index contributed by atoms with van der Waals surface area (Å²) < 4.78 is 6.01. The maximum Gasteiger partial charge on any atom is 0.0759 e. The van der Waals surface area contributed by atoms with Gasteiger partial charge in [-0.3, -0.25) is 0 Å². The summed E-state index contributed by atoms with van der Waals surface area (Å²) in [5, 5.41) is 3.35. The summed E-state index contributed by atoms with van der Waals surface area (Å²) in [6, 6.07) is 0. The molecule has 2 heteroatoms. The lowest BCUT2D eigenvalue weighted by atomic mass is 10.0. The molecule has 1 fully saturated rings. The molecule has 1 heterocycles. The summed E-state index contributed by atoms with van der Waals surface area (Å²) in [6.45, 7) is 2.25. The van der Waals surface area contributed by atoms with Gasteiger partial charge in [0.2, 0.25) is 0 Å². The molecule has 1 N–H and O–H groups in total. The standard InChI is InChI=1S/C11H19NO/c1-2-4-10(5-3-1)13-11-6-8-12-9-7-11/h2,4,10-12H,1,3,5-9H2. The van der Waals surface area contributed by atoms with Gasteiger partial charge in [0.05, 0.1) is 12.2 Å². The maximum atomic E-state index is 6.01. The third-order valence-electron chi connectivity index (χ3n) is 2.86. The largest absolute Gasteiger partial charge is 0.371 e. The lowest BCUT2D eigenvalue weighted by Gasteiger charge is -2.27. The summed E-state index contributed by atoms with van der Waals surface area (Å²) in [4.78, 5) is 0. The second-order valence-corrected chi connectivity index (χ2v) is 3.98. The quantitative estimate of drug-likeness (QED) is 0.657. The molecule has 0 aromatic heterocycles. The van der Waals surface area contributed by atoms with Crippen molar-refractivity contribution in [1.82, 2.24) is 5.32 Å². The molecule has 0 spiro atoms. The second-order valence-electron chi connectivity index (χ2n) is 3.98. The van der Waals surface area contributed by atoms with Crippen LogP contribution in [0.25, 0.3) is 0 Å². The van der Waals surface area contributed by atoms with Crippen molar-refractivity contribution in [2.24, 2.45) is 0 Å². The van der Waals surface area contributed by atoms with Crippen LogP contribution in [0.1, 0.15) is 32.1 Å². The minimum atomic E-state index is 0.414. The minimum absolute atomic E-state index is 0.414. The predicted molar refractivity (Wildman–Crippen MR) is 53.8 cm³/mol. The fourth-order valence-corrected chi connectivity index (χ4v) is 2.07. The zero-order valence-corrected chi connectivity index (χ0v) is 8.17. The van der Waals surface area contributed by atoms with E-state index in [4.69, 9.17) is 4.74 Å². The van der Waals surface area contributed by atoms with Crippen LogP contribution in [0.15, 0.2) is 12.2 Å². The van der Waals surface area contributed by atoms with Crippen LogP contribution in [0, 0.1) is 0 Å². The average molecular weight is 181 g/mol. The van der Waals surface area contributed by atoms with Crippen molar-refractivity contribution in [3.63, 3.8) is 0 Å². The molecule has 1 saturated heterocycles. The molecule has 0 aromatic rings. The van der Waals surface area contributed by atoms with Gasteiger partial charge in [-0.15, -0.1) is 0 Å². The van der Waals surface area contributed by atoms with Gasteiger partial charge in [0, 0.05) is 0 Å². The number of piperidine rings is 1. The summed E-state index contributed by atoms with van der Waals surface area (Å²) in [6.07, 6.45) is 11.6. The minimum Gasteiger partial charge on any atom is -0.371 e. The molecule has 1 unspecified atom stereocenters. The van der Waals surface area contributed by atoms with Gasteiger partial charge in [-0.1, -0.05) is 12.2 Å². The van der Waals surface area contributed by atoms with E-state index in [0.29, 0.717) is 12.2 Å². The monoisotopic (exact) mass is 181 g/mol. The van der Waals surface area contributed by atoms with Crippen molar-refractivity contribution >= 4 is 0 Å². The Balaban J connectivity index is 1.75. The molecule has 0 amide bonds. The number of hydrogen-bond donors (Lipinski definition) is 1. The zero-order valence-electron chi connectivity index (χ0n) is 8.17. The molecule has 0 saturated carbocycles. The van der Waals surface area contributed by atoms with E-state index in [1.165, 1.54) is 32.1 Å². The van der Waals surface area contributed by atoms with Crippen LogP contribution in [-0.2, 0) is 4.74 Å². The molecule has 2 rings (SSSR count). The van der Waals surface area contributed by atoms with Crippen LogP contribution in [0.4, 0.5) is 0 Å². The highest BCUT2D eigenvalue weighted by Gasteiger charge is 2.18. The molecule has 13 heavy (non-hydrogen) atoms. The topological polar surface area (TPSA) is 21.3 Å². The SMILES string of the molecule is C1=CC(OC2CCNCC2)CCC1. The van der Waals surface area contributed by atoms with E-state index in [9.17, 15) is 0 Å². The fourth-order valence-electron chi connectivity index (χ4n) is 2.07. The van der Waals surface area contributed by atoms with Crippen LogP contribution in [0.5, 0.6) is 0 Å². The Morgan fingerprint density at radius 2 is 2.00 bits per heavy atom. The lowest BCUT2D eigenvalue weighted by molar-refractivity contribution is -0.00911. The smallest absolute Gasteiger partial charge is 0.0759 e. The number of allylic oxidation sites excluding steroid dienone is 1. The molecule has 1 aliphatic carbocycles. The maximum absolute atomic E-state index is 6.01. The zero-order chi connectivity index (χ0) is 8.93. The van der Waals surface area contributed by atoms with E-state index in [0.717, 1.165) is 13.1 Å². The van der Waals surface area contributed by atoms with Crippen LogP contribution in [0.3, 0.4) is 0 Å². The number of nitrogens with one attached hydrogen (secondary N) is 1. The molecular weight excluding hydrogens is 162 g/mol. The first-order valence-electron chi connectivity index (χ1n) is 5.48. The normalized spacial score (nSPS) is 30.6. The summed E-state index contributed by atoms with van der Waals surface area (Å²) in [5.74, 6) is 0. The number of ether oxygens (including phenoxy) is 1. The average Bonchev–Trinajstić information content (AvgIpc) is 2.21. The summed E-state index contributed by atoms with van der Waals surface area (Å²) in [5.41, 5.74) is 0. The lowest BCUT2D eigenvalue weighted by Crippen LogP contribution is -2.34. The van der Waals surface area contributed by atoms with E-state index in [-0.39, 0.29) is 0 Å². The Morgan fingerprint density at radius 3 is 2.69 bits per heavy atom. The van der Waals surface area contributed by atoms with Crippen LogP contribution < -0.4 is 5.32 Å². The van der Waals surface area contributed by atoms with Gasteiger partial charge in [0.1, 0.15) is 0 Å². The highest BCUT2D eigenvalue weighted by molar-refractivity contribution is 4.94. The molecule has 2 nitrogen and oxygen atoms in total. The second kappa shape index (κ2) is 4.77. The first-order chi connectivity index (χ1) is 6.45. The first kappa shape index (κ1) is 9.22. The Hall–Kier alpha value is -0.340. The number of rotatable bonds is 2. The Labute approximate surface area is 80.4 Å². The van der Waals surface area contributed by atoms with Crippen molar-refractivity contribution in [3.05, 3.63) is 12.2 Å². The molecule has 0 bridgehead atoms. The Bertz CT molecular complexity index is 173. The fraction of sp³-hybridized carbons (Fsp3) is 0.818. The Kier molecular flexibility index (Phi) is 3.39. The van der Waals surface area contributed by atoms with Crippen molar-refractivity contribution in [2.75, 3.05) is 13.1 Å². The van der Waals surface area contributed by atoms with Crippen LogP contribution in [-0.4, -0.2) is 25.3 Å². The Morgan fingerprint density at radius 1 is 1.15 bits per heavy atom. The van der Waals surface area contributed by atoms with Crippen molar-refractivity contribution in [2.45, 2.75) is 44.3 Å². The van der Waals surface area contributed by atoms with Crippen molar-refractivity contribution < 1.29 is 4.74 Å². The van der Waals surface area contributed by atoms with Crippen LogP contribution >= 0.6 is 0 Å². The molecule has 0 aromatic carbocycles. The first-order valence-corrected chi connectivity index (χ1v) is 5.48. The van der Waals surface area contributed by atoms with Gasteiger partial charge < -0.3 is 10.1 Å². The molecular formula is C11H19NO. The van der Waals surface area contributed by atoms with Gasteiger partial charge in [0.15, 0.2) is 0 Å². The van der Waals surface area contributed by atoms with Gasteiger partial charge in [-0.2, -0.15) is 0 Å². The molecule has 2 aliphatic rings. The van der Waals surface area contributed by atoms with Crippen LogP contribution in [0.2, 0.25) is 0 Å². The van der Waals surface area contributed by atoms with Gasteiger partial charge in [0.25, 0.3) is 0 Å². The molecule has 0 radical (unpaired) electrons. The van der Waals surface area contributed by atoms with Gasteiger partial charge in [-0.25, -0.2) is 0 Å². The highest BCUT2D eigenvalue weighted by atomic mass is 16.5. The third kappa shape index (κ3) is 2.82. The molecule has 1 aliphatic heterocycles. The van der Waals surface area contributed by atoms with Crippen molar-refractivity contribution in [3.8, 4) is 0 Å². The van der Waals surface area contributed by atoms with Gasteiger partial charge in [-0.05, 0) is 45.2 Å². The predicted octanol–water partition coefficient (Wildman–Crippen LogP) is 1.86. The summed E-state index contributed by atoms with van der Waals surface area (Å²) in [7, 11) is 0. The highest BCUT2D eigenvalue weighted by Crippen LogP contribution is 2.18. The van der Waals surface area contributed by atoms with E-state index < -0.39 is 0 Å². The van der Waals surface area contributed by atoms with E-state index in [1.807, 2.05) is 0 Å². The number of hydrogen-bond acceptors (Lipinski definition) is 2. The van der Waals surface area contributed by atoms with Gasteiger partial charge >= 0.3 is 0 Å². The summed E-state index contributed by atoms with van der Waals surface area (Å²) >= 11 is 0. The van der Waals surface area contributed by atoms with E-state index in [2.05, 4.69) is 17.5 Å². The van der Waals surface area contributed by atoms with Crippen molar-refractivity contribution in [1.29, 1.82) is 0 Å².